The van der Waals surface area contributed by atoms with Crippen molar-refractivity contribution in [3.05, 3.63) is 35.9 Å². The third-order valence-corrected chi connectivity index (χ3v) is 5.15. The summed E-state index contributed by atoms with van der Waals surface area (Å²) in [5.74, 6) is 0. The maximum absolute atomic E-state index is 5.84. The summed E-state index contributed by atoms with van der Waals surface area (Å²) in [6.07, 6.45) is 4.59. The predicted molar refractivity (Wildman–Crippen MR) is 89.8 cm³/mol. The van der Waals surface area contributed by atoms with Crippen molar-refractivity contribution in [2.45, 2.75) is 45.6 Å². The van der Waals surface area contributed by atoms with E-state index >= 15 is 0 Å². The van der Waals surface area contributed by atoms with E-state index in [1.54, 1.807) is 0 Å². The molecule has 0 radical (unpaired) electrons. The summed E-state index contributed by atoms with van der Waals surface area (Å²) in [7, 11) is 0. The quantitative estimate of drug-likeness (QED) is 0.805. The number of rotatable bonds is 6. The lowest BCUT2D eigenvalue weighted by molar-refractivity contribution is 0.197. The molecule has 0 aliphatic carbocycles. The highest BCUT2D eigenvalue weighted by Gasteiger charge is 2.38. The lowest BCUT2D eigenvalue weighted by Crippen LogP contribution is -2.32. The number of hydrogen-bond donors (Lipinski definition) is 1. The van der Waals surface area contributed by atoms with Crippen LogP contribution in [-0.2, 0) is 0 Å². The summed E-state index contributed by atoms with van der Waals surface area (Å²) in [6.45, 7) is 6.96. The first-order chi connectivity index (χ1) is 9.60. The Morgan fingerprint density at radius 3 is 2.45 bits per heavy atom. The molecule has 2 nitrogen and oxygen atoms in total. The fourth-order valence-corrected chi connectivity index (χ4v) is 3.54. The van der Waals surface area contributed by atoms with Gasteiger partial charge in [0.15, 0.2) is 0 Å². The van der Waals surface area contributed by atoms with Crippen LogP contribution in [0.1, 0.15) is 51.1 Å². The molecule has 3 heteroatoms. The van der Waals surface area contributed by atoms with Crippen molar-refractivity contribution in [2.24, 2.45) is 11.1 Å². The van der Waals surface area contributed by atoms with E-state index in [1.165, 1.54) is 31.4 Å². The van der Waals surface area contributed by atoms with Crippen molar-refractivity contribution in [2.75, 3.05) is 13.1 Å². The molecule has 1 aliphatic heterocycles. The first kappa shape index (κ1) is 15.5. The van der Waals surface area contributed by atoms with Crippen molar-refractivity contribution in [3.8, 4) is 0 Å². The Morgan fingerprint density at radius 1 is 1.30 bits per heavy atom. The average molecular weight is 290 g/mol. The highest BCUT2D eigenvalue weighted by atomic mass is 32.1. The van der Waals surface area contributed by atoms with Crippen LogP contribution in [0.5, 0.6) is 0 Å². The Labute approximate surface area is 128 Å². The fourth-order valence-electron chi connectivity index (χ4n) is 3.39. The second-order valence-electron chi connectivity index (χ2n) is 6.02. The second-order valence-corrected chi connectivity index (χ2v) is 6.55. The first-order valence-corrected chi connectivity index (χ1v) is 8.08. The molecule has 2 N–H and O–H groups in total. The van der Waals surface area contributed by atoms with E-state index in [1.807, 2.05) is 0 Å². The van der Waals surface area contributed by atoms with Gasteiger partial charge in [0, 0.05) is 19.0 Å². The van der Waals surface area contributed by atoms with Gasteiger partial charge in [0.1, 0.15) is 0 Å². The zero-order chi connectivity index (χ0) is 14.6. The van der Waals surface area contributed by atoms with Gasteiger partial charge in [0.2, 0.25) is 0 Å². The molecule has 1 aliphatic rings. The number of nitrogens with two attached hydrogens (primary N) is 1. The smallest absolute Gasteiger partial charge is 0.0746 e. The summed E-state index contributed by atoms with van der Waals surface area (Å²) in [4.78, 5) is 3.20. The minimum absolute atomic E-state index is 0.341. The zero-order valence-corrected chi connectivity index (χ0v) is 13.5. The second kappa shape index (κ2) is 6.68. The Hall–Kier alpha value is -0.930. The predicted octanol–water partition coefficient (Wildman–Crippen LogP) is 3.92. The van der Waals surface area contributed by atoms with Gasteiger partial charge in [-0.1, -0.05) is 56.4 Å². The monoisotopic (exact) mass is 290 g/mol. The van der Waals surface area contributed by atoms with Crippen molar-refractivity contribution < 1.29 is 0 Å². The van der Waals surface area contributed by atoms with Gasteiger partial charge in [0.05, 0.1) is 4.99 Å². The first-order valence-electron chi connectivity index (χ1n) is 7.67. The standard InChI is InChI=1S/C17H26N2S/c1-3-17(4-2)10-11-19(13-17)15(12-16(18)20)14-8-6-5-7-9-14/h5-9,15H,3-4,10-13H2,1-2H3,(H2,18,20). The van der Waals surface area contributed by atoms with Gasteiger partial charge in [-0.15, -0.1) is 0 Å². The van der Waals surface area contributed by atoms with E-state index in [9.17, 15) is 0 Å². The third-order valence-electron chi connectivity index (χ3n) is 4.99. The van der Waals surface area contributed by atoms with E-state index in [-0.39, 0.29) is 0 Å². The van der Waals surface area contributed by atoms with Crippen LogP contribution < -0.4 is 5.73 Å². The molecule has 1 heterocycles. The van der Waals surface area contributed by atoms with Gasteiger partial charge in [0.25, 0.3) is 0 Å². The topological polar surface area (TPSA) is 29.3 Å². The van der Waals surface area contributed by atoms with Gasteiger partial charge in [-0.05, 0) is 36.8 Å². The maximum Gasteiger partial charge on any atom is 0.0746 e. The minimum Gasteiger partial charge on any atom is -0.393 e. The Bertz CT molecular complexity index is 440. The van der Waals surface area contributed by atoms with E-state index in [0.29, 0.717) is 16.4 Å². The van der Waals surface area contributed by atoms with Gasteiger partial charge in [-0.3, -0.25) is 4.90 Å². The molecule has 1 atom stereocenters. The van der Waals surface area contributed by atoms with Crippen LogP contribution in [0, 0.1) is 5.41 Å². The molecular weight excluding hydrogens is 264 g/mol. The number of likely N-dealkylation sites (tertiary alicyclic amines) is 1. The Morgan fingerprint density at radius 2 is 1.95 bits per heavy atom. The summed E-state index contributed by atoms with van der Waals surface area (Å²) in [5.41, 5.74) is 7.66. The SMILES string of the molecule is CCC1(CC)CCN(C(CC(N)=S)c2ccccc2)C1. The molecule has 1 fully saturated rings. The lowest BCUT2D eigenvalue weighted by Gasteiger charge is -2.31. The molecule has 1 aromatic carbocycles. The summed E-state index contributed by atoms with van der Waals surface area (Å²) in [5, 5.41) is 0. The number of benzene rings is 1. The normalized spacial score (nSPS) is 19.9. The maximum atomic E-state index is 5.84. The molecule has 1 aromatic rings. The molecule has 0 aromatic heterocycles. The average Bonchev–Trinajstić information content (AvgIpc) is 2.90. The molecule has 1 unspecified atom stereocenters. The molecule has 0 amide bonds. The van der Waals surface area contributed by atoms with Crippen LogP contribution in [0.2, 0.25) is 0 Å². The van der Waals surface area contributed by atoms with Crippen LogP contribution in [0.15, 0.2) is 30.3 Å². The molecule has 0 saturated carbocycles. The van der Waals surface area contributed by atoms with E-state index in [4.69, 9.17) is 18.0 Å². The highest BCUT2D eigenvalue weighted by Crippen LogP contribution is 2.41. The molecule has 1 saturated heterocycles. The van der Waals surface area contributed by atoms with Crippen LogP contribution in [0.4, 0.5) is 0 Å². The van der Waals surface area contributed by atoms with Gasteiger partial charge < -0.3 is 5.73 Å². The highest BCUT2D eigenvalue weighted by molar-refractivity contribution is 7.80. The van der Waals surface area contributed by atoms with Crippen LogP contribution in [-0.4, -0.2) is 23.0 Å². The largest absolute Gasteiger partial charge is 0.393 e. The van der Waals surface area contributed by atoms with Crippen LogP contribution in [0.3, 0.4) is 0 Å². The Balaban J connectivity index is 2.19. The Kier molecular flexibility index (Phi) is 5.17. The number of hydrogen-bond acceptors (Lipinski definition) is 2. The zero-order valence-electron chi connectivity index (χ0n) is 12.6. The fraction of sp³-hybridized carbons (Fsp3) is 0.588. The third kappa shape index (κ3) is 3.39. The van der Waals surface area contributed by atoms with Crippen molar-refractivity contribution >= 4 is 17.2 Å². The molecule has 2 rings (SSSR count). The van der Waals surface area contributed by atoms with Crippen LogP contribution >= 0.6 is 12.2 Å². The summed E-state index contributed by atoms with van der Waals surface area (Å²) < 4.78 is 0. The van der Waals surface area contributed by atoms with E-state index in [0.717, 1.165) is 13.0 Å². The number of thiocarbonyl (C=S) groups is 1. The molecule has 20 heavy (non-hydrogen) atoms. The van der Waals surface area contributed by atoms with E-state index in [2.05, 4.69) is 49.1 Å². The molecule has 110 valence electrons. The lowest BCUT2D eigenvalue weighted by atomic mass is 9.82. The van der Waals surface area contributed by atoms with Crippen molar-refractivity contribution in [1.29, 1.82) is 0 Å². The van der Waals surface area contributed by atoms with Crippen molar-refractivity contribution in [3.63, 3.8) is 0 Å². The molecular formula is C17H26N2S. The summed E-state index contributed by atoms with van der Waals surface area (Å²) in [6, 6.07) is 11.0. The van der Waals surface area contributed by atoms with Gasteiger partial charge >= 0.3 is 0 Å². The summed E-state index contributed by atoms with van der Waals surface area (Å²) >= 11 is 5.17. The van der Waals surface area contributed by atoms with Crippen LogP contribution in [0.25, 0.3) is 0 Å². The van der Waals surface area contributed by atoms with Gasteiger partial charge in [-0.25, -0.2) is 0 Å². The van der Waals surface area contributed by atoms with Crippen molar-refractivity contribution in [1.82, 2.24) is 4.90 Å². The van der Waals surface area contributed by atoms with E-state index < -0.39 is 0 Å². The molecule has 0 bridgehead atoms. The minimum atomic E-state index is 0.341. The molecule has 0 spiro atoms. The van der Waals surface area contributed by atoms with Gasteiger partial charge in [-0.2, -0.15) is 0 Å². The number of nitrogens with zero attached hydrogens (tertiary/aromatic N) is 1.